The van der Waals surface area contributed by atoms with Gasteiger partial charge >= 0.3 is 0 Å². The summed E-state index contributed by atoms with van der Waals surface area (Å²) in [5.41, 5.74) is -0.270. The number of likely N-dealkylation sites (tertiary alicyclic amines) is 1. The number of amides is 1. The van der Waals surface area contributed by atoms with E-state index in [0.717, 1.165) is 44.0 Å². The van der Waals surface area contributed by atoms with Crippen LogP contribution in [0.25, 0.3) is 5.03 Å². The van der Waals surface area contributed by atoms with Crippen molar-refractivity contribution in [1.82, 2.24) is 15.2 Å². The van der Waals surface area contributed by atoms with E-state index in [-0.39, 0.29) is 5.91 Å². The van der Waals surface area contributed by atoms with Crippen LogP contribution in [0.1, 0.15) is 32.1 Å². The number of nitrogens with zero attached hydrogens (tertiary/aromatic N) is 3. The summed E-state index contributed by atoms with van der Waals surface area (Å²) < 4.78 is 0. The van der Waals surface area contributed by atoms with Crippen molar-refractivity contribution in [2.75, 3.05) is 19.6 Å². The molecular formula is C17H21ClN4O. The average molecular weight is 333 g/mol. The van der Waals surface area contributed by atoms with E-state index in [4.69, 9.17) is 11.6 Å². The maximum absolute atomic E-state index is 13.3. The summed E-state index contributed by atoms with van der Waals surface area (Å²) in [7, 11) is 0. The molecule has 0 radical (unpaired) electrons. The molecule has 3 heterocycles. The summed E-state index contributed by atoms with van der Waals surface area (Å²) in [6.07, 6.45) is 7.23. The normalized spacial score (nSPS) is 27.3. The third-order valence-corrected chi connectivity index (χ3v) is 5.43. The summed E-state index contributed by atoms with van der Waals surface area (Å²) in [6, 6.07) is 4.11. The molecule has 23 heavy (non-hydrogen) atoms. The Labute approximate surface area is 140 Å². The van der Waals surface area contributed by atoms with E-state index in [1.165, 1.54) is 6.42 Å². The van der Waals surface area contributed by atoms with Crippen molar-refractivity contribution >= 4 is 22.5 Å². The van der Waals surface area contributed by atoms with Gasteiger partial charge in [-0.3, -0.25) is 15.1 Å². The predicted molar refractivity (Wildman–Crippen MR) is 88.5 cm³/mol. The van der Waals surface area contributed by atoms with Crippen molar-refractivity contribution in [3.8, 4) is 0 Å². The lowest BCUT2D eigenvalue weighted by Gasteiger charge is -2.39. The van der Waals surface area contributed by atoms with Gasteiger partial charge in [-0.25, -0.2) is 4.98 Å². The molecule has 0 spiro atoms. The molecule has 1 aromatic rings. The van der Waals surface area contributed by atoms with Crippen molar-refractivity contribution in [2.24, 2.45) is 4.99 Å². The molecule has 1 aromatic heterocycles. The summed E-state index contributed by atoms with van der Waals surface area (Å²) in [4.78, 5) is 24.1. The highest BCUT2D eigenvalue weighted by Gasteiger charge is 2.48. The minimum absolute atomic E-state index is 0.0763. The molecule has 1 aliphatic carbocycles. The monoisotopic (exact) mass is 332 g/mol. The number of rotatable bonds is 3. The number of piperidine rings is 1. The first-order valence-corrected chi connectivity index (χ1v) is 8.81. The van der Waals surface area contributed by atoms with Gasteiger partial charge in [0.15, 0.2) is 11.0 Å². The maximum atomic E-state index is 13.3. The Bertz CT molecular complexity index is 739. The van der Waals surface area contributed by atoms with Crippen LogP contribution in [0.3, 0.4) is 0 Å². The van der Waals surface area contributed by atoms with E-state index in [9.17, 15) is 4.79 Å². The second-order valence-electron chi connectivity index (χ2n) is 6.68. The van der Waals surface area contributed by atoms with E-state index in [2.05, 4.69) is 15.3 Å². The lowest BCUT2D eigenvalue weighted by Crippen LogP contribution is -2.64. The fourth-order valence-corrected chi connectivity index (χ4v) is 3.81. The first-order chi connectivity index (χ1) is 11.2. The number of fused-ring (bicyclic) bond motifs is 1. The van der Waals surface area contributed by atoms with Gasteiger partial charge in [-0.05, 0) is 44.2 Å². The molecular weight excluding hydrogens is 312 g/mol. The minimum atomic E-state index is -0.907. The molecule has 1 saturated carbocycles. The summed E-state index contributed by atoms with van der Waals surface area (Å²) >= 11 is 6.76. The quantitative estimate of drug-likeness (QED) is 0.880. The lowest BCUT2D eigenvalue weighted by atomic mass is 9.92. The van der Waals surface area contributed by atoms with Crippen LogP contribution < -0.4 is 16.0 Å². The molecule has 2 aliphatic heterocycles. The Morgan fingerprint density at radius 1 is 1.30 bits per heavy atom. The molecule has 1 saturated heterocycles. The summed E-state index contributed by atoms with van der Waals surface area (Å²) in [5.74, 6) is 0.0763. The van der Waals surface area contributed by atoms with Gasteiger partial charge in [-0.1, -0.05) is 11.6 Å². The Balaban J connectivity index is 1.78. The Hall–Kier alpha value is -1.46. The Morgan fingerprint density at radius 2 is 2.09 bits per heavy atom. The van der Waals surface area contributed by atoms with Crippen molar-refractivity contribution in [1.29, 1.82) is 0 Å². The molecule has 122 valence electrons. The average Bonchev–Trinajstić information content (AvgIpc) is 3.42. The predicted octanol–water partition coefficient (Wildman–Crippen LogP) is 0.565. The van der Waals surface area contributed by atoms with Gasteiger partial charge in [0.25, 0.3) is 0 Å². The van der Waals surface area contributed by atoms with E-state index in [0.29, 0.717) is 23.1 Å². The molecule has 3 aliphatic rings. The number of carbonyl (C=O) groups is 1. The van der Waals surface area contributed by atoms with E-state index in [1.54, 1.807) is 6.20 Å². The number of hydrogen-bond donors (Lipinski definition) is 1. The van der Waals surface area contributed by atoms with Gasteiger partial charge in [-0.2, -0.15) is 0 Å². The first-order valence-electron chi connectivity index (χ1n) is 8.43. The van der Waals surface area contributed by atoms with Crippen LogP contribution in [0.2, 0.25) is 0 Å². The second kappa shape index (κ2) is 5.87. The molecule has 6 heteroatoms. The molecule has 4 rings (SSSR count). The summed E-state index contributed by atoms with van der Waals surface area (Å²) in [5, 5.41) is 4.84. The van der Waals surface area contributed by atoms with Crippen molar-refractivity contribution in [2.45, 2.75) is 43.7 Å². The zero-order chi connectivity index (χ0) is 15.9. The molecule has 1 amide bonds. The number of nitrogens with one attached hydrogen (secondary N) is 1. The second-order valence-corrected chi connectivity index (χ2v) is 7.06. The first kappa shape index (κ1) is 15.1. The zero-order valence-electron chi connectivity index (χ0n) is 13.1. The summed E-state index contributed by atoms with van der Waals surface area (Å²) in [6.45, 7) is 1.97. The maximum Gasteiger partial charge on any atom is 0.250 e. The van der Waals surface area contributed by atoms with Gasteiger partial charge in [0, 0.05) is 30.5 Å². The van der Waals surface area contributed by atoms with Crippen LogP contribution in [0.15, 0.2) is 23.3 Å². The van der Waals surface area contributed by atoms with Crippen LogP contribution in [0.4, 0.5) is 0 Å². The van der Waals surface area contributed by atoms with Gasteiger partial charge in [0.2, 0.25) is 5.91 Å². The Kier molecular flexibility index (Phi) is 3.85. The largest absolute Gasteiger partial charge is 0.341 e. The van der Waals surface area contributed by atoms with E-state index >= 15 is 0 Å². The topological polar surface area (TPSA) is 57.6 Å². The minimum Gasteiger partial charge on any atom is -0.341 e. The molecule has 1 unspecified atom stereocenters. The highest BCUT2D eigenvalue weighted by Crippen LogP contribution is 2.32. The highest BCUT2D eigenvalue weighted by molar-refractivity contribution is 6.49. The fraction of sp³-hybridized carbons (Fsp3) is 0.588. The van der Waals surface area contributed by atoms with Crippen molar-refractivity contribution in [3.63, 3.8) is 0 Å². The van der Waals surface area contributed by atoms with Gasteiger partial charge < -0.3 is 4.90 Å². The standard InChI is InChI=1S/C17H21ClN4O/c18-14-13-5-4-8-19-15(13)20-11-17(14,21-12-6-7-12)16(23)22-9-2-1-3-10-22/h4-5,8,12,21H,1-3,6-7,9-11H2. The zero-order valence-corrected chi connectivity index (χ0v) is 13.9. The number of halogens is 1. The van der Waals surface area contributed by atoms with Crippen LogP contribution >= 0.6 is 11.6 Å². The van der Waals surface area contributed by atoms with Gasteiger partial charge in [0.1, 0.15) is 0 Å². The van der Waals surface area contributed by atoms with Crippen molar-refractivity contribution < 1.29 is 4.79 Å². The van der Waals surface area contributed by atoms with Crippen LogP contribution in [-0.2, 0) is 4.79 Å². The van der Waals surface area contributed by atoms with Crippen LogP contribution in [0, 0.1) is 0 Å². The highest BCUT2D eigenvalue weighted by atomic mass is 35.5. The third-order valence-electron chi connectivity index (χ3n) is 4.90. The van der Waals surface area contributed by atoms with E-state index < -0.39 is 5.54 Å². The van der Waals surface area contributed by atoms with Crippen LogP contribution in [0.5, 0.6) is 0 Å². The lowest BCUT2D eigenvalue weighted by molar-refractivity contribution is -0.136. The molecule has 2 fully saturated rings. The van der Waals surface area contributed by atoms with Gasteiger partial charge in [0.05, 0.1) is 11.6 Å². The fourth-order valence-electron chi connectivity index (χ4n) is 3.46. The molecule has 0 bridgehead atoms. The van der Waals surface area contributed by atoms with E-state index in [1.807, 2.05) is 17.0 Å². The number of carbonyl (C=O) groups excluding carboxylic acids is 1. The van der Waals surface area contributed by atoms with Crippen molar-refractivity contribution in [3.05, 3.63) is 29.0 Å². The number of pyridine rings is 1. The van der Waals surface area contributed by atoms with Gasteiger partial charge in [-0.15, -0.1) is 0 Å². The molecule has 0 aromatic carbocycles. The molecule has 5 nitrogen and oxygen atoms in total. The smallest absolute Gasteiger partial charge is 0.250 e. The third kappa shape index (κ3) is 2.66. The van der Waals surface area contributed by atoms with Crippen LogP contribution in [-0.4, -0.2) is 47.0 Å². The molecule has 1 N–H and O–H groups in total. The Morgan fingerprint density at radius 3 is 2.83 bits per heavy atom. The number of aromatic nitrogens is 1. The number of hydrogen-bond acceptors (Lipinski definition) is 4. The molecule has 1 atom stereocenters. The SMILES string of the molecule is O=C(N1CCCCC1)C1(NC2CC2)CN=c2ncccc2=C1Cl.